The molecule has 7 nitrogen and oxygen atoms in total. The Morgan fingerprint density at radius 3 is 2.43 bits per heavy atom. The number of carboxylic acids is 2. The number of benzene rings is 1. The summed E-state index contributed by atoms with van der Waals surface area (Å²) >= 11 is 5.97. The summed E-state index contributed by atoms with van der Waals surface area (Å²) in [4.78, 5) is 34.5. The summed E-state index contributed by atoms with van der Waals surface area (Å²) in [6, 6.07) is 4.74. The van der Waals surface area contributed by atoms with Crippen molar-refractivity contribution in [1.29, 1.82) is 0 Å². The van der Waals surface area contributed by atoms with Gasteiger partial charge in [-0.15, -0.1) is 0 Å². The molecule has 1 aromatic rings. The maximum atomic E-state index is 11.9. The van der Waals surface area contributed by atoms with E-state index in [1.54, 1.807) is 24.3 Å². The number of nitrogens with one attached hydrogen (secondary N) is 1. The summed E-state index contributed by atoms with van der Waals surface area (Å²) in [7, 11) is 1.46. The first kappa shape index (κ1) is 16.8. The van der Waals surface area contributed by atoms with Gasteiger partial charge in [-0.3, -0.25) is 4.79 Å². The van der Waals surface area contributed by atoms with Crippen LogP contribution in [0.1, 0.15) is 12.0 Å². The molecule has 0 radical (unpaired) electrons. The monoisotopic (exact) mass is 314 g/mol. The highest BCUT2D eigenvalue weighted by Gasteiger charge is 2.24. The average molecular weight is 315 g/mol. The van der Waals surface area contributed by atoms with Crippen LogP contribution in [-0.4, -0.2) is 46.2 Å². The second-order valence-corrected chi connectivity index (χ2v) is 4.79. The van der Waals surface area contributed by atoms with Crippen molar-refractivity contribution < 1.29 is 24.6 Å². The first-order valence-corrected chi connectivity index (χ1v) is 6.38. The Kier molecular flexibility index (Phi) is 5.98. The first-order chi connectivity index (χ1) is 9.81. The summed E-state index contributed by atoms with van der Waals surface area (Å²) < 4.78 is 0. The summed E-state index contributed by atoms with van der Waals surface area (Å²) in [5, 5.41) is 20.1. The Morgan fingerprint density at radius 2 is 1.90 bits per heavy atom. The van der Waals surface area contributed by atoms with Crippen molar-refractivity contribution in [1.82, 2.24) is 10.2 Å². The Morgan fingerprint density at radius 1 is 1.29 bits per heavy atom. The van der Waals surface area contributed by atoms with Crippen molar-refractivity contribution in [2.45, 2.75) is 19.0 Å². The van der Waals surface area contributed by atoms with Gasteiger partial charge in [0.25, 0.3) is 0 Å². The Bertz CT molecular complexity index is 549. The molecule has 0 aliphatic heterocycles. The Hall–Kier alpha value is -2.28. The van der Waals surface area contributed by atoms with Crippen LogP contribution in [-0.2, 0) is 16.1 Å². The lowest BCUT2D eigenvalue weighted by Crippen LogP contribution is -2.47. The van der Waals surface area contributed by atoms with Crippen LogP contribution in [0.15, 0.2) is 24.3 Å². The summed E-state index contributed by atoms with van der Waals surface area (Å²) in [5.74, 6) is -2.71. The number of amides is 2. The molecule has 114 valence electrons. The lowest BCUT2D eigenvalue weighted by atomic mass is 10.2. The van der Waals surface area contributed by atoms with E-state index in [-0.39, 0.29) is 6.54 Å². The van der Waals surface area contributed by atoms with Crippen molar-refractivity contribution in [2.75, 3.05) is 7.05 Å². The molecular weight excluding hydrogens is 300 g/mol. The van der Waals surface area contributed by atoms with E-state index < -0.39 is 30.4 Å². The number of urea groups is 1. The van der Waals surface area contributed by atoms with Gasteiger partial charge in [0.2, 0.25) is 0 Å². The summed E-state index contributed by atoms with van der Waals surface area (Å²) in [5.41, 5.74) is 0.696. The Balaban J connectivity index is 2.67. The van der Waals surface area contributed by atoms with E-state index in [1.165, 1.54) is 11.9 Å². The molecule has 8 heteroatoms. The molecule has 1 unspecified atom stereocenters. The van der Waals surface area contributed by atoms with E-state index in [1.807, 2.05) is 0 Å². The lowest BCUT2D eigenvalue weighted by Gasteiger charge is -2.21. The van der Waals surface area contributed by atoms with Crippen LogP contribution >= 0.6 is 11.6 Å². The van der Waals surface area contributed by atoms with Crippen LogP contribution in [0.2, 0.25) is 5.02 Å². The number of carbonyl (C=O) groups excluding carboxylic acids is 1. The zero-order valence-corrected chi connectivity index (χ0v) is 12.0. The smallest absolute Gasteiger partial charge is 0.326 e. The molecule has 0 bridgehead atoms. The standard InChI is InChI=1S/C13H15ClN2O5/c1-16(7-8-4-2-3-5-9(8)14)13(21)15-10(12(19)20)6-11(17)18/h2-5,10H,6-7H2,1H3,(H,15,21)(H,17,18)(H,19,20). The topological polar surface area (TPSA) is 107 Å². The normalized spacial score (nSPS) is 11.5. The molecule has 2 amide bonds. The van der Waals surface area contributed by atoms with Gasteiger partial charge in [-0.05, 0) is 11.6 Å². The second kappa shape index (κ2) is 7.49. The fourth-order valence-electron chi connectivity index (χ4n) is 1.59. The van der Waals surface area contributed by atoms with Crippen molar-refractivity contribution in [3.63, 3.8) is 0 Å². The number of carbonyl (C=O) groups is 3. The maximum absolute atomic E-state index is 11.9. The molecule has 0 heterocycles. The van der Waals surface area contributed by atoms with E-state index >= 15 is 0 Å². The fraction of sp³-hybridized carbons (Fsp3) is 0.308. The molecular formula is C13H15ClN2O5. The number of hydrogen-bond acceptors (Lipinski definition) is 3. The van der Waals surface area contributed by atoms with E-state index in [9.17, 15) is 14.4 Å². The van der Waals surface area contributed by atoms with Crippen LogP contribution in [0.25, 0.3) is 0 Å². The number of aliphatic carboxylic acids is 2. The van der Waals surface area contributed by atoms with Crippen molar-refractivity contribution in [3.05, 3.63) is 34.9 Å². The lowest BCUT2D eigenvalue weighted by molar-refractivity contribution is -0.145. The number of rotatable bonds is 6. The van der Waals surface area contributed by atoms with Gasteiger partial charge in [0.15, 0.2) is 0 Å². The number of nitrogens with zero attached hydrogens (tertiary/aromatic N) is 1. The maximum Gasteiger partial charge on any atom is 0.326 e. The molecule has 0 aliphatic carbocycles. The highest BCUT2D eigenvalue weighted by atomic mass is 35.5. The number of halogens is 1. The van der Waals surface area contributed by atoms with Gasteiger partial charge in [0.05, 0.1) is 6.42 Å². The Labute approximate surface area is 126 Å². The highest BCUT2D eigenvalue weighted by molar-refractivity contribution is 6.31. The van der Waals surface area contributed by atoms with E-state index in [2.05, 4.69) is 5.32 Å². The molecule has 0 aromatic heterocycles. The zero-order chi connectivity index (χ0) is 16.0. The highest BCUT2D eigenvalue weighted by Crippen LogP contribution is 2.16. The zero-order valence-electron chi connectivity index (χ0n) is 11.2. The van der Waals surface area contributed by atoms with Crippen LogP contribution < -0.4 is 5.32 Å². The molecule has 1 atom stereocenters. The molecule has 0 saturated heterocycles. The largest absolute Gasteiger partial charge is 0.481 e. The van der Waals surface area contributed by atoms with Crippen LogP contribution in [0.3, 0.4) is 0 Å². The van der Waals surface area contributed by atoms with Gasteiger partial charge < -0.3 is 20.4 Å². The van der Waals surface area contributed by atoms with Gasteiger partial charge in [0.1, 0.15) is 6.04 Å². The van der Waals surface area contributed by atoms with E-state index in [0.29, 0.717) is 10.6 Å². The second-order valence-electron chi connectivity index (χ2n) is 4.39. The molecule has 21 heavy (non-hydrogen) atoms. The minimum atomic E-state index is -1.48. The first-order valence-electron chi connectivity index (χ1n) is 6.01. The third-order valence-electron chi connectivity index (χ3n) is 2.69. The minimum Gasteiger partial charge on any atom is -0.481 e. The average Bonchev–Trinajstić information content (AvgIpc) is 2.39. The van der Waals surface area contributed by atoms with Gasteiger partial charge in [-0.25, -0.2) is 9.59 Å². The quantitative estimate of drug-likeness (QED) is 0.736. The predicted octanol–water partition coefficient (Wildman–Crippen LogP) is 1.41. The van der Waals surface area contributed by atoms with Crippen LogP contribution in [0.5, 0.6) is 0 Å². The van der Waals surface area contributed by atoms with Crippen LogP contribution in [0, 0.1) is 0 Å². The summed E-state index contributed by atoms with van der Waals surface area (Å²) in [6.07, 6.45) is -0.693. The van der Waals surface area contributed by atoms with E-state index in [0.717, 1.165) is 0 Å². The van der Waals surface area contributed by atoms with Gasteiger partial charge in [0, 0.05) is 18.6 Å². The van der Waals surface area contributed by atoms with Crippen molar-refractivity contribution in [3.8, 4) is 0 Å². The number of carboxylic acid groups (broad SMARTS) is 2. The number of hydrogen-bond donors (Lipinski definition) is 3. The molecule has 1 aromatic carbocycles. The third kappa shape index (κ3) is 5.31. The SMILES string of the molecule is CN(Cc1ccccc1Cl)C(=O)NC(CC(=O)O)C(=O)O. The van der Waals surface area contributed by atoms with Gasteiger partial charge in [-0.2, -0.15) is 0 Å². The van der Waals surface area contributed by atoms with Crippen molar-refractivity contribution in [2.24, 2.45) is 0 Å². The minimum absolute atomic E-state index is 0.172. The third-order valence-corrected chi connectivity index (χ3v) is 3.06. The van der Waals surface area contributed by atoms with Gasteiger partial charge >= 0.3 is 18.0 Å². The predicted molar refractivity (Wildman–Crippen MR) is 75.1 cm³/mol. The molecule has 3 N–H and O–H groups in total. The molecule has 0 spiro atoms. The fourth-order valence-corrected chi connectivity index (χ4v) is 1.78. The van der Waals surface area contributed by atoms with E-state index in [4.69, 9.17) is 21.8 Å². The van der Waals surface area contributed by atoms with Crippen molar-refractivity contribution >= 4 is 29.6 Å². The molecule has 0 aliphatic rings. The van der Waals surface area contributed by atoms with Crippen LogP contribution in [0.4, 0.5) is 4.79 Å². The van der Waals surface area contributed by atoms with Gasteiger partial charge in [-0.1, -0.05) is 29.8 Å². The summed E-state index contributed by atoms with van der Waals surface area (Å²) in [6.45, 7) is 0.172. The molecule has 0 fully saturated rings. The molecule has 0 saturated carbocycles. The molecule has 1 rings (SSSR count).